The second-order valence-corrected chi connectivity index (χ2v) is 12.9. The van der Waals surface area contributed by atoms with Crippen molar-refractivity contribution in [1.82, 2.24) is 9.97 Å². The maximum absolute atomic E-state index is 6.15. The number of fused-ring (bicyclic) bond motifs is 6. The highest BCUT2D eigenvalue weighted by molar-refractivity contribution is 6.06. The molecule has 2 aromatic heterocycles. The molecule has 0 aliphatic heterocycles. The van der Waals surface area contributed by atoms with E-state index in [-0.39, 0.29) is 0 Å². The van der Waals surface area contributed by atoms with E-state index in [0.29, 0.717) is 5.82 Å². The van der Waals surface area contributed by atoms with Crippen LogP contribution in [0.25, 0.3) is 67.0 Å². The minimum absolute atomic E-state index is 0.443. The van der Waals surface area contributed by atoms with Crippen molar-refractivity contribution in [3.8, 4) is 45.0 Å². The molecule has 0 saturated carbocycles. The topological polar surface area (TPSA) is 38.9 Å². The van der Waals surface area contributed by atoms with Gasteiger partial charge >= 0.3 is 0 Å². The standard InChI is InChI=1S/C47H30N2O/c1-4-14-31(15-5-1)46-48-42(30-43(49-46)33-25-27-45-39(29-33)37-21-11-13-23-44(37)50-45)32-24-26-41-38(28-32)36-20-10-12-22-40(36)47(41,34-16-6-2-7-17-34)35-18-8-3-9-19-35/h1-30H. The van der Waals surface area contributed by atoms with Gasteiger partial charge in [0.2, 0.25) is 0 Å². The third-order valence-electron chi connectivity index (χ3n) is 10.2. The summed E-state index contributed by atoms with van der Waals surface area (Å²) in [5, 5.41) is 2.17. The van der Waals surface area contributed by atoms with Crippen molar-refractivity contribution in [2.24, 2.45) is 0 Å². The Morgan fingerprint density at radius 2 is 0.940 bits per heavy atom. The van der Waals surface area contributed by atoms with Crippen LogP contribution >= 0.6 is 0 Å². The molecule has 0 amide bonds. The fourth-order valence-corrected chi connectivity index (χ4v) is 7.95. The lowest BCUT2D eigenvalue weighted by Gasteiger charge is -2.33. The molecule has 3 heteroatoms. The number of rotatable bonds is 5. The van der Waals surface area contributed by atoms with Gasteiger partial charge in [-0.15, -0.1) is 0 Å². The Hall–Kier alpha value is -6.58. The summed E-state index contributed by atoms with van der Waals surface area (Å²) >= 11 is 0. The first-order valence-electron chi connectivity index (χ1n) is 17.0. The molecule has 10 rings (SSSR count). The van der Waals surface area contributed by atoms with Gasteiger partial charge < -0.3 is 4.42 Å². The van der Waals surface area contributed by atoms with E-state index >= 15 is 0 Å². The molecule has 3 nitrogen and oxygen atoms in total. The molecule has 0 bridgehead atoms. The van der Waals surface area contributed by atoms with Gasteiger partial charge in [0, 0.05) is 27.5 Å². The smallest absolute Gasteiger partial charge is 0.160 e. The van der Waals surface area contributed by atoms with Gasteiger partial charge in [0.15, 0.2) is 5.82 Å². The van der Waals surface area contributed by atoms with Crippen molar-refractivity contribution < 1.29 is 4.42 Å². The molecule has 1 aliphatic carbocycles. The molecule has 9 aromatic rings. The Kier molecular flexibility index (Phi) is 6.40. The molecule has 0 radical (unpaired) electrons. The summed E-state index contributed by atoms with van der Waals surface area (Å²) in [6.07, 6.45) is 0. The van der Waals surface area contributed by atoms with Crippen LogP contribution in [0.1, 0.15) is 22.3 Å². The van der Waals surface area contributed by atoms with Gasteiger partial charge in [0.05, 0.1) is 16.8 Å². The number of para-hydroxylation sites is 1. The van der Waals surface area contributed by atoms with Crippen molar-refractivity contribution in [2.75, 3.05) is 0 Å². The number of benzene rings is 7. The van der Waals surface area contributed by atoms with E-state index in [1.807, 2.05) is 36.4 Å². The van der Waals surface area contributed by atoms with Crippen LogP contribution in [0, 0.1) is 0 Å². The molecule has 0 saturated heterocycles. The third kappa shape index (κ3) is 4.30. The summed E-state index contributed by atoms with van der Waals surface area (Å²) in [6.45, 7) is 0. The van der Waals surface area contributed by atoms with E-state index in [1.165, 1.54) is 33.4 Å². The molecule has 0 atom stereocenters. The molecule has 2 heterocycles. The largest absolute Gasteiger partial charge is 0.456 e. The summed E-state index contributed by atoms with van der Waals surface area (Å²) in [5.41, 5.74) is 13.6. The van der Waals surface area contributed by atoms with Gasteiger partial charge in [0.25, 0.3) is 0 Å². The predicted molar refractivity (Wildman–Crippen MR) is 203 cm³/mol. The van der Waals surface area contributed by atoms with Crippen molar-refractivity contribution in [1.29, 1.82) is 0 Å². The highest BCUT2D eigenvalue weighted by Gasteiger charge is 2.46. The first-order valence-corrected chi connectivity index (χ1v) is 17.0. The maximum atomic E-state index is 6.15. The number of hydrogen-bond acceptors (Lipinski definition) is 3. The molecule has 7 aromatic carbocycles. The highest BCUT2D eigenvalue weighted by Crippen LogP contribution is 2.56. The molecule has 1 aliphatic rings. The molecule has 0 unspecified atom stereocenters. The van der Waals surface area contributed by atoms with E-state index < -0.39 is 5.41 Å². The van der Waals surface area contributed by atoms with Gasteiger partial charge in [-0.25, -0.2) is 9.97 Å². The Balaban J connectivity index is 1.20. The minimum atomic E-state index is -0.443. The Morgan fingerprint density at radius 3 is 1.68 bits per heavy atom. The van der Waals surface area contributed by atoms with E-state index in [9.17, 15) is 0 Å². The van der Waals surface area contributed by atoms with E-state index in [2.05, 4.69) is 146 Å². The van der Waals surface area contributed by atoms with Gasteiger partial charge in [-0.05, 0) is 69.8 Å². The van der Waals surface area contributed by atoms with Crippen molar-refractivity contribution in [3.05, 3.63) is 204 Å². The second kappa shape index (κ2) is 11.3. The van der Waals surface area contributed by atoms with Crippen LogP contribution < -0.4 is 0 Å². The monoisotopic (exact) mass is 638 g/mol. The Bertz CT molecular complexity index is 2660. The van der Waals surface area contributed by atoms with Crippen LogP contribution in [0.3, 0.4) is 0 Å². The zero-order valence-electron chi connectivity index (χ0n) is 27.1. The molecular weight excluding hydrogens is 609 g/mol. The fraction of sp³-hybridized carbons (Fsp3) is 0.0213. The number of furan rings is 1. The third-order valence-corrected chi connectivity index (χ3v) is 10.2. The first-order chi connectivity index (χ1) is 24.8. The van der Waals surface area contributed by atoms with Crippen LogP contribution in [0.2, 0.25) is 0 Å². The van der Waals surface area contributed by atoms with Crippen molar-refractivity contribution in [2.45, 2.75) is 5.41 Å². The molecule has 0 fully saturated rings. The van der Waals surface area contributed by atoms with Crippen molar-refractivity contribution in [3.63, 3.8) is 0 Å². The van der Waals surface area contributed by atoms with Gasteiger partial charge in [-0.1, -0.05) is 146 Å². The highest BCUT2D eigenvalue weighted by atomic mass is 16.3. The summed E-state index contributed by atoms with van der Waals surface area (Å²) in [7, 11) is 0. The zero-order valence-corrected chi connectivity index (χ0v) is 27.1. The zero-order chi connectivity index (χ0) is 33.1. The SMILES string of the molecule is c1ccc(-c2nc(-c3ccc4c(c3)-c3ccccc3C4(c3ccccc3)c3ccccc3)cc(-c3ccc4oc5ccccc5c4c3)n2)cc1. The van der Waals surface area contributed by atoms with E-state index in [0.717, 1.165) is 50.0 Å². The molecule has 0 N–H and O–H groups in total. The van der Waals surface area contributed by atoms with Crippen LogP contribution in [-0.4, -0.2) is 9.97 Å². The maximum Gasteiger partial charge on any atom is 0.160 e. The lowest BCUT2D eigenvalue weighted by atomic mass is 9.67. The lowest BCUT2D eigenvalue weighted by molar-refractivity contribution is 0.669. The van der Waals surface area contributed by atoms with Crippen LogP contribution in [0.5, 0.6) is 0 Å². The Morgan fingerprint density at radius 1 is 0.380 bits per heavy atom. The molecular formula is C47H30N2O. The van der Waals surface area contributed by atoms with Crippen LogP contribution in [-0.2, 0) is 5.41 Å². The van der Waals surface area contributed by atoms with Gasteiger partial charge in [-0.2, -0.15) is 0 Å². The van der Waals surface area contributed by atoms with Crippen LogP contribution in [0.4, 0.5) is 0 Å². The lowest BCUT2D eigenvalue weighted by Crippen LogP contribution is -2.28. The minimum Gasteiger partial charge on any atom is -0.456 e. The van der Waals surface area contributed by atoms with Gasteiger partial charge in [0.1, 0.15) is 11.2 Å². The van der Waals surface area contributed by atoms with Gasteiger partial charge in [-0.3, -0.25) is 0 Å². The number of nitrogens with zero attached hydrogens (tertiary/aromatic N) is 2. The summed E-state index contributed by atoms with van der Waals surface area (Å²) in [5.74, 6) is 0.694. The first kappa shape index (κ1) is 28.4. The molecule has 0 spiro atoms. The fourth-order valence-electron chi connectivity index (χ4n) is 7.95. The summed E-state index contributed by atoms with van der Waals surface area (Å²) < 4.78 is 6.15. The van der Waals surface area contributed by atoms with E-state index in [4.69, 9.17) is 14.4 Å². The average Bonchev–Trinajstić information content (AvgIpc) is 3.72. The molecule has 50 heavy (non-hydrogen) atoms. The predicted octanol–water partition coefficient (Wildman–Crippen LogP) is 11.7. The number of aromatic nitrogens is 2. The Labute approximate surface area is 290 Å². The average molecular weight is 639 g/mol. The van der Waals surface area contributed by atoms with Crippen LogP contribution in [0.15, 0.2) is 186 Å². The summed E-state index contributed by atoms with van der Waals surface area (Å²) in [4.78, 5) is 10.3. The van der Waals surface area contributed by atoms with Crippen molar-refractivity contribution >= 4 is 21.9 Å². The van der Waals surface area contributed by atoms with E-state index in [1.54, 1.807) is 0 Å². The second-order valence-electron chi connectivity index (χ2n) is 12.9. The number of hydrogen-bond donors (Lipinski definition) is 0. The quantitative estimate of drug-likeness (QED) is 0.188. The normalized spacial score (nSPS) is 13.0. The summed E-state index contributed by atoms with van der Waals surface area (Å²) in [6, 6.07) is 64.4. The molecule has 234 valence electrons.